The number of nitrogens with zero attached hydrogens (tertiary/aromatic N) is 4. The number of benzene rings is 1. The van der Waals surface area contributed by atoms with Gasteiger partial charge in [-0.25, -0.2) is 17.9 Å². The van der Waals surface area contributed by atoms with Crippen LogP contribution in [-0.2, 0) is 21.2 Å². The lowest BCUT2D eigenvalue weighted by Crippen LogP contribution is -2.50. The lowest BCUT2D eigenvalue weighted by Gasteiger charge is -2.34. The lowest BCUT2D eigenvalue weighted by atomic mass is 10.1. The van der Waals surface area contributed by atoms with E-state index in [0.717, 1.165) is 16.8 Å². The van der Waals surface area contributed by atoms with E-state index in [0.29, 0.717) is 24.4 Å². The van der Waals surface area contributed by atoms with E-state index in [1.165, 1.54) is 10.4 Å². The smallest absolute Gasteiger partial charge is 0.266 e. The molecule has 0 spiro atoms. The number of piperazine rings is 1. The number of H-pyrrole nitrogens is 1. The van der Waals surface area contributed by atoms with Crippen molar-refractivity contribution in [1.29, 1.82) is 0 Å². The molecule has 4 rings (SSSR count). The standard InChI is InChI=1S/C21H25N5O4S/c1-14-4-6-17(7-5-14)31(29,30)25-10-8-24(9-11-25)21(28)12-18-15(2)22-19-13-20(27)23-26(19)16(18)3/h4-7,13H,8-12H2,1-3H3,(H,23,27). The maximum Gasteiger partial charge on any atom is 0.266 e. The summed E-state index contributed by atoms with van der Waals surface area (Å²) in [5.41, 5.74) is 3.50. The predicted molar refractivity (Wildman–Crippen MR) is 116 cm³/mol. The lowest BCUT2D eigenvalue weighted by molar-refractivity contribution is -0.131. The third kappa shape index (κ3) is 4.00. The van der Waals surface area contributed by atoms with Crippen molar-refractivity contribution in [3.05, 3.63) is 63.2 Å². The molecule has 9 nitrogen and oxygen atoms in total. The van der Waals surface area contributed by atoms with E-state index in [9.17, 15) is 18.0 Å². The minimum atomic E-state index is -3.57. The maximum absolute atomic E-state index is 12.9. The topological polar surface area (TPSA) is 108 Å². The van der Waals surface area contributed by atoms with Gasteiger partial charge in [0.05, 0.1) is 11.3 Å². The van der Waals surface area contributed by atoms with E-state index >= 15 is 0 Å². The SMILES string of the molecule is Cc1ccc(S(=O)(=O)N2CCN(C(=O)Cc3c(C)nc4cc(=O)[nH]n4c3C)CC2)cc1. The average Bonchev–Trinajstić information content (AvgIpc) is 3.11. The molecule has 1 aliphatic heterocycles. The Morgan fingerprint density at radius 3 is 2.35 bits per heavy atom. The van der Waals surface area contributed by atoms with Crippen molar-refractivity contribution in [3.8, 4) is 0 Å². The van der Waals surface area contributed by atoms with Crippen LogP contribution in [0.25, 0.3) is 5.65 Å². The van der Waals surface area contributed by atoms with Crippen LogP contribution in [0.3, 0.4) is 0 Å². The molecule has 1 saturated heterocycles. The van der Waals surface area contributed by atoms with Crippen LogP contribution in [0.15, 0.2) is 40.0 Å². The number of carbonyl (C=O) groups excluding carboxylic acids is 1. The quantitative estimate of drug-likeness (QED) is 0.648. The van der Waals surface area contributed by atoms with Gasteiger partial charge in [-0.1, -0.05) is 17.7 Å². The zero-order valence-electron chi connectivity index (χ0n) is 17.8. The molecule has 0 unspecified atom stereocenters. The molecule has 0 aliphatic carbocycles. The summed E-state index contributed by atoms with van der Waals surface area (Å²) >= 11 is 0. The average molecular weight is 444 g/mol. The molecule has 164 valence electrons. The normalized spacial score (nSPS) is 15.5. The van der Waals surface area contributed by atoms with Gasteiger partial charge < -0.3 is 4.90 Å². The molecular weight excluding hydrogens is 418 g/mol. The number of aromatic nitrogens is 3. The fourth-order valence-electron chi connectivity index (χ4n) is 3.91. The summed E-state index contributed by atoms with van der Waals surface area (Å²) in [6.07, 6.45) is 0.144. The van der Waals surface area contributed by atoms with Gasteiger partial charge >= 0.3 is 0 Å². The summed E-state index contributed by atoms with van der Waals surface area (Å²) in [4.78, 5) is 30.9. The van der Waals surface area contributed by atoms with Gasteiger partial charge in [0, 0.05) is 49.2 Å². The van der Waals surface area contributed by atoms with Crippen molar-refractivity contribution in [2.75, 3.05) is 26.2 Å². The highest BCUT2D eigenvalue weighted by Crippen LogP contribution is 2.20. The second-order valence-electron chi connectivity index (χ2n) is 7.85. The highest BCUT2D eigenvalue weighted by molar-refractivity contribution is 7.89. The predicted octanol–water partition coefficient (Wildman–Crippen LogP) is 1.02. The number of nitrogens with one attached hydrogen (secondary N) is 1. The van der Waals surface area contributed by atoms with Gasteiger partial charge in [-0.2, -0.15) is 4.31 Å². The molecule has 31 heavy (non-hydrogen) atoms. The summed E-state index contributed by atoms with van der Waals surface area (Å²) in [5, 5.41) is 2.69. The Kier molecular flexibility index (Phi) is 5.44. The molecule has 0 bridgehead atoms. The van der Waals surface area contributed by atoms with Crippen LogP contribution < -0.4 is 5.56 Å². The van der Waals surface area contributed by atoms with Crippen LogP contribution in [0.4, 0.5) is 0 Å². The molecule has 0 atom stereocenters. The van der Waals surface area contributed by atoms with Gasteiger partial charge in [-0.3, -0.25) is 14.7 Å². The zero-order valence-corrected chi connectivity index (χ0v) is 18.6. The highest BCUT2D eigenvalue weighted by Gasteiger charge is 2.30. The molecule has 10 heteroatoms. The monoisotopic (exact) mass is 443 g/mol. The van der Waals surface area contributed by atoms with E-state index in [4.69, 9.17) is 0 Å². The highest BCUT2D eigenvalue weighted by atomic mass is 32.2. The molecular formula is C21H25N5O4S. The van der Waals surface area contributed by atoms with Crippen LogP contribution in [-0.4, -0.2) is 64.3 Å². The fraction of sp³-hybridized carbons (Fsp3) is 0.381. The molecule has 3 aromatic rings. The minimum absolute atomic E-state index is 0.0887. The number of aromatic amines is 1. The Labute approximate surface area is 180 Å². The summed E-state index contributed by atoms with van der Waals surface area (Å²) < 4.78 is 28.7. The van der Waals surface area contributed by atoms with Crippen molar-refractivity contribution in [3.63, 3.8) is 0 Å². The van der Waals surface area contributed by atoms with Gasteiger partial charge in [-0.05, 0) is 32.9 Å². The Morgan fingerprint density at radius 1 is 1.06 bits per heavy atom. The Balaban J connectivity index is 1.46. The number of hydrogen-bond donors (Lipinski definition) is 1. The summed E-state index contributed by atoms with van der Waals surface area (Å²) in [5.74, 6) is -0.0887. The molecule has 1 fully saturated rings. The number of carbonyl (C=O) groups is 1. The number of fused-ring (bicyclic) bond motifs is 1. The van der Waals surface area contributed by atoms with E-state index in [1.54, 1.807) is 33.7 Å². The molecule has 0 saturated carbocycles. The van der Waals surface area contributed by atoms with Crippen molar-refractivity contribution < 1.29 is 13.2 Å². The van der Waals surface area contributed by atoms with Crippen LogP contribution in [0.5, 0.6) is 0 Å². The van der Waals surface area contributed by atoms with Gasteiger partial charge in [0.15, 0.2) is 5.65 Å². The van der Waals surface area contributed by atoms with Gasteiger partial charge in [-0.15, -0.1) is 0 Å². The third-order valence-corrected chi connectivity index (χ3v) is 7.69. The van der Waals surface area contributed by atoms with Crippen LogP contribution in [0.2, 0.25) is 0 Å². The molecule has 0 radical (unpaired) electrons. The van der Waals surface area contributed by atoms with Crippen LogP contribution in [0.1, 0.15) is 22.5 Å². The Morgan fingerprint density at radius 2 is 1.71 bits per heavy atom. The van der Waals surface area contributed by atoms with Gasteiger partial charge in [0.2, 0.25) is 15.9 Å². The summed E-state index contributed by atoms with van der Waals surface area (Å²) in [6, 6.07) is 8.20. The van der Waals surface area contributed by atoms with E-state index in [1.807, 2.05) is 20.8 Å². The number of amides is 1. The van der Waals surface area contributed by atoms with Crippen molar-refractivity contribution >= 4 is 21.6 Å². The molecule has 1 aliphatic rings. The minimum Gasteiger partial charge on any atom is -0.340 e. The van der Waals surface area contributed by atoms with Gasteiger partial charge in [0.1, 0.15) is 0 Å². The first-order valence-electron chi connectivity index (χ1n) is 10.1. The van der Waals surface area contributed by atoms with Crippen LogP contribution in [0, 0.1) is 20.8 Å². The second kappa shape index (κ2) is 7.93. The molecule has 1 N–H and O–H groups in total. The first kappa shape index (κ1) is 21.3. The Bertz CT molecular complexity index is 1300. The first-order chi connectivity index (χ1) is 14.7. The van der Waals surface area contributed by atoms with Crippen molar-refractivity contribution in [1.82, 2.24) is 23.8 Å². The first-order valence-corrected chi connectivity index (χ1v) is 11.5. The van der Waals surface area contributed by atoms with E-state index < -0.39 is 10.0 Å². The fourth-order valence-corrected chi connectivity index (χ4v) is 5.33. The van der Waals surface area contributed by atoms with E-state index in [2.05, 4.69) is 10.1 Å². The molecule has 2 aromatic heterocycles. The number of hydrogen-bond acceptors (Lipinski definition) is 5. The Hall–Kier alpha value is -2.98. The van der Waals surface area contributed by atoms with Gasteiger partial charge in [0.25, 0.3) is 5.56 Å². The van der Waals surface area contributed by atoms with Crippen LogP contribution >= 0.6 is 0 Å². The number of aryl methyl sites for hydroxylation is 3. The summed E-state index contributed by atoms with van der Waals surface area (Å²) in [7, 11) is -3.57. The molecule has 1 aromatic carbocycles. The largest absolute Gasteiger partial charge is 0.340 e. The second-order valence-corrected chi connectivity index (χ2v) is 9.79. The zero-order chi connectivity index (χ0) is 22.3. The van der Waals surface area contributed by atoms with Crippen molar-refractivity contribution in [2.24, 2.45) is 0 Å². The van der Waals surface area contributed by atoms with Crippen molar-refractivity contribution in [2.45, 2.75) is 32.1 Å². The summed E-state index contributed by atoms with van der Waals surface area (Å²) in [6.45, 7) is 6.73. The molecule has 1 amide bonds. The number of rotatable bonds is 4. The van der Waals surface area contributed by atoms with E-state index in [-0.39, 0.29) is 35.9 Å². The maximum atomic E-state index is 12.9. The number of sulfonamides is 1. The third-order valence-electron chi connectivity index (χ3n) is 5.78. The molecule has 3 heterocycles.